The number of rotatable bonds is 8. The molecule has 0 aromatic heterocycles. The van der Waals surface area contributed by atoms with Crippen molar-refractivity contribution in [1.29, 1.82) is 0 Å². The van der Waals surface area contributed by atoms with Gasteiger partial charge in [-0.15, -0.1) is 0 Å². The predicted molar refractivity (Wildman–Crippen MR) is 299 cm³/mol. The molecule has 70 heavy (non-hydrogen) atoms. The number of benzene rings is 11. The highest BCUT2D eigenvalue weighted by Gasteiger charge is 2.53. The zero-order valence-electron chi connectivity index (χ0n) is 38.5. The van der Waals surface area contributed by atoms with E-state index in [1.54, 1.807) is 0 Å². The van der Waals surface area contributed by atoms with Crippen LogP contribution in [0.2, 0.25) is 0 Å². The zero-order valence-corrected chi connectivity index (χ0v) is 40.6. The standard InChI is InChI=1S/C66H47NOSi2/c1-4-17-47(18-5-1)48-31-33-49(34-32-48)50-39-42-56(43-40-50)67(55-20-6-2-7-21-55)57-22-16-19-53(45-57)51-35-37-52(38-36-51)54-41-44-62-66(46-54)70(63-28-13-10-25-59(63)68-60-26-11-14-29-64(60)70)65-30-15-12-27-61(65)69(62)58-23-8-3-9-24-58/h1-46,69H. The topological polar surface area (TPSA) is 12.5 Å². The Morgan fingerprint density at radius 1 is 0.271 bits per heavy atom. The molecule has 2 nitrogen and oxygen atoms in total. The normalized spacial score (nSPS) is 13.8. The Morgan fingerprint density at radius 2 is 0.671 bits per heavy atom. The molecule has 2 heterocycles. The fourth-order valence-corrected chi connectivity index (χ4v) is 21.7. The fraction of sp³-hybridized carbons (Fsp3) is 0. The van der Waals surface area contributed by atoms with E-state index in [1.807, 2.05) is 0 Å². The monoisotopic (exact) mass is 925 g/mol. The molecule has 1 atom stereocenters. The quantitative estimate of drug-likeness (QED) is 0.141. The smallest absolute Gasteiger partial charge is 0.188 e. The summed E-state index contributed by atoms with van der Waals surface area (Å²) in [5, 5.41) is 10.1. The fourth-order valence-electron chi connectivity index (χ4n) is 11.3. The summed E-state index contributed by atoms with van der Waals surface area (Å²) in [6.45, 7) is 0. The molecule has 0 saturated heterocycles. The van der Waals surface area contributed by atoms with Crippen LogP contribution in [0.25, 0.3) is 44.5 Å². The Morgan fingerprint density at radius 3 is 1.29 bits per heavy atom. The molecular weight excluding hydrogens is 879 g/mol. The second-order valence-corrected chi connectivity index (χ2v) is 24.8. The maximum absolute atomic E-state index is 6.77. The summed E-state index contributed by atoms with van der Waals surface area (Å²) in [4.78, 5) is 2.35. The van der Waals surface area contributed by atoms with Crippen molar-refractivity contribution in [3.05, 3.63) is 279 Å². The van der Waals surface area contributed by atoms with Crippen LogP contribution in [-0.4, -0.2) is 16.9 Å². The molecule has 0 amide bonds. The highest BCUT2D eigenvalue weighted by Crippen LogP contribution is 2.38. The van der Waals surface area contributed by atoms with Gasteiger partial charge in [0.05, 0.1) is 0 Å². The Hall–Kier alpha value is -8.55. The number of ether oxygens (including phenoxy) is 1. The third-order valence-corrected chi connectivity index (χ3v) is 23.3. The maximum atomic E-state index is 6.77. The Labute approximate surface area is 412 Å². The first-order chi connectivity index (χ1) is 34.7. The van der Waals surface area contributed by atoms with Gasteiger partial charge in [0.25, 0.3) is 0 Å². The molecule has 0 saturated carbocycles. The van der Waals surface area contributed by atoms with E-state index >= 15 is 0 Å². The highest BCUT2D eigenvalue weighted by atomic mass is 28.3. The summed E-state index contributed by atoms with van der Waals surface area (Å²) in [7, 11) is -4.73. The van der Waals surface area contributed by atoms with Crippen LogP contribution in [-0.2, 0) is 0 Å². The van der Waals surface area contributed by atoms with Gasteiger partial charge < -0.3 is 9.64 Å². The van der Waals surface area contributed by atoms with Crippen molar-refractivity contribution in [2.45, 2.75) is 0 Å². The van der Waals surface area contributed by atoms with Crippen LogP contribution in [0, 0.1) is 0 Å². The van der Waals surface area contributed by atoms with Crippen LogP contribution in [0.15, 0.2) is 279 Å². The highest BCUT2D eigenvalue weighted by molar-refractivity contribution is 7.27. The molecule has 11 aromatic carbocycles. The maximum Gasteiger partial charge on any atom is 0.188 e. The average molecular weight is 926 g/mol. The van der Waals surface area contributed by atoms with Crippen molar-refractivity contribution in [2.75, 3.05) is 4.90 Å². The van der Waals surface area contributed by atoms with Crippen molar-refractivity contribution in [3.63, 3.8) is 0 Å². The lowest BCUT2D eigenvalue weighted by Gasteiger charge is -2.46. The van der Waals surface area contributed by atoms with Crippen LogP contribution < -0.4 is 45.9 Å². The van der Waals surface area contributed by atoms with Gasteiger partial charge in [0.1, 0.15) is 20.3 Å². The van der Waals surface area contributed by atoms with Gasteiger partial charge in [0.15, 0.2) is 8.07 Å². The lowest BCUT2D eigenvalue weighted by Crippen LogP contribution is -2.87. The zero-order chi connectivity index (χ0) is 46.4. The second-order valence-electron chi connectivity index (χ2n) is 18.4. The van der Waals surface area contributed by atoms with Crippen LogP contribution >= 0.6 is 0 Å². The van der Waals surface area contributed by atoms with Gasteiger partial charge in [0.2, 0.25) is 0 Å². The van der Waals surface area contributed by atoms with Gasteiger partial charge in [-0.1, -0.05) is 246 Å². The van der Waals surface area contributed by atoms with Crippen LogP contribution in [0.4, 0.5) is 17.1 Å². The number of hydrogen-bond acceptors (Lipinski definition) is 2. The number of para-hydroxylation sites is 3. The van der Waals surface area contributed by atoms with E-state index in [4.69, 9.17) is 4.74 Å². The van der Waals surface area contributed by atoms with Crippen LogP contribution in [0.3, 0.4) is 0 Å². The van der Waals surface area contributed by atoms with Crippen molar-refractivity contribution < 1.29 is 4.74 Å². The van der Waals surface area contributed by atoms with Crippen molar-refractivity contribution >= 4 is 70.2 Å². The molecule has 13 rings (SSSR count). The first-order valence-corrected chi connectivity index (χ1v) is 27.9. The Balaban J connectivity index is 0.873. The Kier molecular flexibility index (Phi) is 10.4. The third-order valence-electron chi connectivity index (χ3n) is 14.5. The SMILES string of the molecule is c1ccc(-c2ccc(-c3ccc(N(c4ccccc4)c4cccc(-c5ccc(-c6ccc7c(c6)[Si]6(c8ccccc8Oc8ccccc86)c6ccccc6[SiH]7c6ccccc6)cc5)c4)cc3)cc2)cc1. The molecule has 2 aliphatic rings. The summed E-state index contributed by atoms with van der Waals surface area (Å²) in [6.07, 6.45) is 0. The first-order valence-electron chi connectivity index (χ1n) is 24.2. The molecule has 1 spiro atoms. The predicted octanol–water partition coefficient (Wildman–Crippen LogP) is 11.9. The molecule has 11 aromatic rings. The minimum atomic E-state index is -2.86. The minimum Gasteiger partial charge on any atom is -0.458 e. The van der Waals surface area contributed by atoms with Crippen molar-refractivity contribution in [1.82, 2.24) is 0 Å². The summed E-state index contributed by atoms with van der Waals surface area (Å²) >= 11 is 0. The summed E-state index contributed by atoms with van der Waals surface area (Å²) in [6, 6.07) is 103. The number of fused-ring (bicyclic) bond motifs is 8. The van der Waals surface area contributed by atoms with Gasteiger partial charge in [-0.25, -0.2) is 0 Å². The lowest BCUT2D eigenvalue weighted by atomic mass is 9.99. The van der Waals surface area contributed by atoms with Crippen LogP contribution in [0.5, 0.6) is 11.5 Å². The molecule has 330 valence electrons. The van der Waals surface area contributed by atoms with E-state index in [0.29, 0.717) is 0 Å². The second kappa shape index (κ2) is 17.5. The minimum absolute atomic E-state index is 0.971. The summed E-state index contributed by atoms with van der Waals surface area (Å²) in [5.74, 6) is 1.94. The molecule has 0 fully saturated rings. The first kappa shape index (κ1) is 41.6. The molecule has 0 bridgehead atoms. The lowest BCUT2D eigenvalue weighted by molar-refractivity contribution is 0.487. The molecule has 2 aliphatic heterocycles. The molecule has 0 N–H and O–H groups in total. The molecule has 4 heteroatoms. The third kappa shape index (κ3) is 7.07. The van der Waals surface area contributed by atoms with E-state index in [1.165, 1.54) is 80.8 Å². The van der Waals surface area contributed by atoms with E-state index in [9.17, 15) is 0 Å². The molecule has 0 radical (unpaired) electrons. The van der Waals surface area contributed by atoms with E-state index in [2.05, 4.69) is 284 Å². The molecule has 0 aliphatic carbocycles. The largest absolute Gasteiger partial charge is 0.458 e. The van der Waals surface area contributed by atoms with Gasteiger partial charge >= 0.3 is 0 Å². The summed E-state index contributed by atoms with van der Waals surface area (Å²) in [5.41, 5.74) is 12.9. The molecule has 1 unspecified atom stereocenters. The van der Waals surface area contributed by atoms with Gasteiger partial charge in [-0.3, -0.25) is 0 Å². The number of nitrogens with zero attached hydrogens (tertiary/aromatic N) is 1. The average Bonchev–Trinajstić information content (AvgIpc) is 3.44. The van der Waals surface area contributed by atoms with Crippen LogP contribution in [0.1, 0.15) is 0 Å². The van der Waals surface area contributed by atoms with Gasteiger partial charge in [-0.2, -0.15) is 0 Å². The van der Waals surface area contributed by atoms with E-state index in [-0.39, 0.29) is 0 Å². The van der Waals surface area contributed by atoms with Gasteiger partial charge in [-0.05, 0) is 114 Å². The van der Waals surface area contributed by atoms with E-state index in [0.717, 1.165) is 28.6 Å². The number of anilines is 3. The van der Waals surface area contributed by atoms with Gasteiger partial charge in [0, 0.05) is 17.1 Å². The molecular formula is C66H47NOSi2. The summed E-state index contributed by atoms with van der Waals surface area (Å²) < 4.78 is 6.77. The van der Waals surface area contributed by atoms with Crippen molar-refractivity contribution in [2.24, 2.45) is 0 Å². The van der Waals surface area contributed by atoms with E-state index < -0.39 is 16.9 Å². The van der Waals surface area contributed by atoms with Crippen molar-refractivity contribution in [3.8, 4) is 56.0 Å². The Bertz CT molecular complexity index is 3620. The number of hydrogen-bond donors (Lipinski definition) is 0.